The van der Waals surface area contributed by atoms with E-state index in [4.69, 9.17) is 9.72 Å². The molecule has 0 radical (unpaired) electrons. The molecule has 4 nitrogen and oxygen atoms in total. The Morgan fingerprint density at radius 2 is 1.89 bits per heavy atom. The Balaban J connectivity index is 1.72. The second kappa shape index (κ2) is 7.87. The molecule has 1 aromatic carbocycles. The van der Waals surface area contributed by atoms with Crippen molar-refractivity contribution in [2.75, 3.05) is 12.4 Å². The van der Waals surface area contributed by atoms with Gasteiger partial charge in [0.1, 0.15) is 22.9 Å². The molecule has 1 aliphatic carbocycles. The van der Waals surface area contributed by atoms with Crippen molar-refractivity contribution >= 4 is 23.6 Å². The largest absolute Gasteiger partial charge is 0.496 e. The van der Waals surface area contributed by atoms with Crippen LogP contribution in [0.25, 0.3) is 17.8 Å². The smallest absolute Gasteiger partial charge is 0.139 e. The fourth-order valence-corrected chi connectivity index (χ4v) is 3.84. The average molecular weight is 361 g/mol. The van der Waals surface area contributed by atoms with Crippen LogP contribution in [-0.4, -0.2) is 22.5 Å². The lowest BCUT2D eigenvalue weighted by Crippen LogP contribution is -2.23. The van der Waals surface area contributed by atoms with Gasteiger partial charge < -0.3 is 10.1 Å². The average Bonchev–Trinajstić information content (AvgIpc) is 3.04. The third kappa shape index (κ3) is 3.85. The van der Waals surface area contributed by atoms with Crippen molar-refractivity contribution < 1.29 is 4.74 Å². The summed E-state index contributed by atoms with van der Waals surface area (Å²) in [6.07, 6.45) is 12.8. The van der Waals surface area contributed by atoms with Crippen molar-refractivity contribution in [3.8, 4) is 5.75 Å². The molecule has 0 atom stereocenters. The SMILES string of the molecule is COc1ccccc1C=Cc1nc2ccc(C)cn2c1NC1CCCCC1. The third-order valence-electron chi connectivity index (χ3n) is 5.30. The number of para-hydroxylation sites is 1. The van der Waals surface area contributed by atoms with E-state index in [9.17, 15) is 0 Å². The fourth-order valence-electron chi connectivity index (χ4n) is 3.84. The third-order valence-corrected chi connectivity index (χ3v) is 5.30. The number of pyridine rings is 1. The zero-order valence-electron chi connectivity index (χ0n) is 16.1. The number of anilines is 1. The van der Waals surface area contributed by atoms with Crippen LogP contribution in [0.3, 0.4) is 0 Å². The number of ether oxygens (including phenoxy) is 1. The molecule has 140 valence electrons. The fraction of sp³-hybridized carbons (Fsp3) is 0.348. The van der Waals surface area contributed by atoms with Crippen LogP contribution in [0.4, 0.5) is 5.82 Å². The molecule has 1 fully saturated rings. The first-order valence-electron chi connectivity index (χ1n) is 9.81. The minimum absolute atomic E-state index is 0.526. The molecule has 4 heteroatoms. The lowest BCUT2D eigenvalue weighted by Gasteiger charge is -2.24. The predicted octanol–water partition coefficient (Wildman–Crippen LogP) is 5.57. The number of imidazole rings is 1. The van der Waals surface area contributed by atoms with Crippen molar-refractivity contribution in [3.63, 3.8) is 0 Å². The number of nitrogens with one attached hydrogen (secondary N) is 1. The Bertz CT molecular complexity index is 951. The van der Waals surface area contributed by atoms with Crippen LogP contribution < -0.4 is 10.1 Å². The van der Waals surface area contributed by atoms with E-state index in [1.165, 1.54) is 37.7 Å². The highest BCUT2D eigenvalue weighted by Crippen LogP contribution is 2.27. The van der Waals surface area contributed by atoms with Crippen molar-refractivity contribution in [1.82, 2.24) is 9.38 Å². The summed E-state index contributed by atoms with van der Waals surface area (Å²) in [6.45, 7) is 2.12. The quantitative estimate of drug-likeness (QED) is 0.646. The van der Waals surface area contributed by atoms with Gasteiger partial charge in [0, 0.05) is 17.8 Å². The molecule has 2 heterocycles. The molecule has 2 aromatic heterocycles. The van der Waals surface area contributed by atoms with Gasteiger partial charge in [0.05, 0.1) is 7.11 Å². The summed E-state index contributed by atoms with van der Waals surface area (Å²) in [7, 11) is 1.70. The van der Waals surface area contributed by atoms with E-state index in [0.717, 1.165) is 28.5 Å². The van der Waals surface area contributed by atoms with Crippen LogP contribution >= 0.6 is 0 Å². The van der Waals surface area contributed by atoms with Crippen molar-refractivity contribution in [1.29, 1.82) is 0 Å². The Morgan fingerprint density at radius 3 is 2.70 bits per heavy atom. The normalized spacial score (nSPS) is 15.5. The van der Waals surface area contributed by atoms with Crippen molar-refractivity contribution in [3.05, 3.63) is 59.4 Å². The van der Waals surface area contributed by atoms with Gasteiger partial charge in [0.25, 0.3) is 0 Å². The first-order chi connectivity index (χ1) is 13.2. The molecule has 1 aliphatic rings. The predicted molar refractivity (Wildman–Crippen MR) is 112 cm³/mol. The van der Waals surface area contributed by atoms with E-state index in [1.807, 2.05) is 18.2 Å². The van der Waals surface area contributed by atoms with Gasteiger partial charge in [-0.05, 0) is 49.6 Å². The molecule has 0 spiro atoms. The molecule has 0 saturated heterocycles. The Labute approximate surface area is 160 Å². The maximum absolute atomic E-state index is 5.47. The summed E-state index contributed by atoms with van der Waals surface area (Å²) in [5, 5.41) is 3.78. The number of rotatable bonds is 5. The minimum atomic E-state index is 0.526. The van der Waals surface area contributed by atoms with E-state index in [2.05, 4.69) is 53.2 Å². The number of aryl methyl sites for hydroxylation is 1. The number of hydrogen-bond donors (Lipinski definition) is 1. The molecule has 1 saturated carbocycles. The molecule has 0 amide bonds. The lowest BCUT2D eigenvalue weighted by atomic mass is 9.95. The molecule has 27 heavy (non-hydrogen) atoms. The Hall–Kier alpha value is -2.75. The maximum Gasteiger partial charge on any atom is 0.139 e. The standard InChI is InChI=1S/C23H27N3O/c1-17-12-15-22-25-20(14-13-18-8-6-7-11-21(18)27-2)23(26(22)16-17)24-19-9-4-3-5-10-19/h6-8,11-16,19,24H,3-5,9-10H2,1-2H3. The highest BCUT2D eigenvalue weighted by Gasteiger charge is 2.17. The van der Waals surface area contributed by atoms with E-state index in [-0.39, 0.29) is 0 Å². The molecule has 4 rings (SSSR count). The summed E-state index contributed by atoms with van der Waals surface area (Å²) in [5.74, 6) is 1.96. The van der Waals surface area contributed by atoms with Gasteiger partial charge in [-0.15, -0.1) is 0 Å². The number of methoxy groups -OCH3 is 1. The highest BCUT2D eigenvalue weighted by molar-refractivity contribution is 5.77. The summed E-state index contributed by atoms with van der Waals surface area (Å²) in [5.41, 5.74) is 4.22. The van der Waals surface area contributed by atoms with E-state index in [1.54, 1.807) is 7.11 Å². The van der Waals surface area contributed by atoms with Gasteiger partial charge in [0.2, 0.25) is 0 Å². The van der Waals surface area contributed by atoms with Crippen LogP contribution in [0.2, 0.25) is 0 Å². The lowest BCUT2D eigenvalue weighted by molar-refractivity contribution is 0.414. The molecule has 0 aliphatic heterocycles. The van der Waals surface area contributed by atoms with Crippen molar-refractivity contribution in [2.45, 2.75) is 45.1 Å². The molecule has 0 unspecified atom stereocenters. The van der Waals surface area contributed by atoms with Crippen LogP contribution in [-0.2, 0) is 0 Å². The molecule has 0 bridgehead atoms. The summed E-state index contributed by atoms with van der Waals surface area (Å²) < 4.78 is 7.65. The maximum atomic E-state index is 5.47. The molecule has 3 aromatic rings. The van der Waals surface area contributed by atoms with Gasteiger partial charge in [-0.2, -0.15) is 0 Å². The second-order valence-corrected chi connectivity index (χ2v) is 7.33. The van der Waals surface area contributed by atoms with Gasteiger partial charge in [-0.25, -0.2) is 4.98 Å². The van der Waals surface area contributed by atoms with Gasteiger partial charge in [-0.3, -0.25) is 4.40 Å². The molecular formula is C23H27N3O. The van der Waals surface area contributed by atoms with E-state index in [0.29, 0.717) is 6.04 Å². The number of benzene rings is 1. The zero-order chi connectivity index (χ0) is 18.6. The Kier molecular flexibility index (Phi) is 5.14. The summed E-state index contributed by atoms with van der Waals surface area (Å²) >= 11 is 0. The topological polar surface area (TPSA) is 38.6 Å². The number of fused-ring (bicyclic) bond motifs is 1. The number of hydrogen-bond acceptors (Lipinski definition) is 3. The summed E-state index contributed by atoms with van der Waals surface area (Å²) in [4.78, 5) is 4.86. The van der Waals surface area contributed by atoms with Gasteiger partial charge in [-0.1, -0.05) is 43.5 Å². The Morgan fingerprint density at radius 1 is 1.07 bits per heavy atom. The van der Waals surface area contributed by atoms with Gasteiger partial charge in [0.15, 0.2) is 0 Å². The zero-order valence-corrected chi connectivity index (χ0v) is 16.1. The monoisotopic (exact) mass is 361 g/mol. The van der Waals surface area contributed by atoms with E-state index >= 15 is 0 Å². The van der Waals surface area contributed by atoms with Crippen LogP contribution in [0.1, 0.15) is 48.9 Å². The van der Waals surface area contributed by atoms with Crippen LogP contribution in [0, 0.1) is 6.92 Å². The minimum Gasteiger partial charge on any atom is -0.496 e. The van der Waals surface area contributed by atoms with Gasteiger partial charge >= 0.3 is 0 Å². The highest BCUT2D eigenvalue weighted by atomic mass is 16.5. The number of aromatic nitrogens is 2. The van der Waals surface area contributed by atoms with Crippen LogP contribution in [0.5, 0.6) is 5.75 Å². The first-order valence-corrected chi connectivity index (χ1v) is 9.81. The summed E-state index contributed by atoms with van der Waals surface area (Å²) in [6, 6.07) is 12.8. The van der Waals surface area contributed by atoms with E-state index < -0.39 is 0 Å². The molecule has 1 N–H and O–H groups in total. The second-order valence-electron chi connectivity index (χ2n) is 7.33. The molecular weight excluding hydrogens is 334 g/mol. The van der Waals surface area contributed by atoms with Crippen molar-refractivity contribution in [2.24, 2.45) is 0 Å². The van der Waals surface area contributed by atoms with Crippen LogP contribution in [0.15, 0.2) is 42.6 Å². The first kappa shape index (κ1) is 17.7. The number of nitrogens with zero attached hydrogens (tertiary/aromatic N) is 2.